The van der Waals surface area contributed by atoms with E-state index in [1.54, 1.807) is 30.3 Å². The fraction of sp³-hybridized carbons (Fsp3) is 0.381. The Morgan fingerprint density at radius 1 is 1.22 bits per heavy atom. The summed E-state index contributed by atoms with van der Waals surface area (Å²) < 4.78 is 4.98. The fourth-order valence-corrected chi connectivity index (χ4v) is 3.27. The van der Waals surface area contributed by atoms with Gasteiger partial charge in [0.2, 0.25) is 17.8 Å². The number of nitrogens with one attached hydrogen (secondary N) is 4. The quantitative estimate of drug-likeness (QED) is 0.139. The predicted molar refractivity (Wildman–Crippen MR) is 127 cm³/mol. The number of nitrogens with zero attached hydrogens (tertiary/aromatic N) is 4. The number of H-pyrrole nitrogens is 1. The number of carbonyl (C=O) groups is 5. The molecule has 0 spiro atoms. The van der Waals surface area contributed by atoms with E-state index < -0.39 is 49.0 Å². The predicted octanol–water partition coefficient (Wildman–Crippen LogP) is -1.05. The molecular formula is C21H27N9O7. The molecule has 37 heavy (non-hydrogen) atoms. The lowest BCUT2D eigenvalue weighted by atomic mass is 10.2. The number of nitrogen functional groups attached to an aromatic ring is 1. The summed E-state index contributed by atoms with van der Waals surface area (Å²) in [5, 5.41) is 23.0. The van der Waals surface area contributed by atoms with Gasteiger partial charge in [0.1, 0.15) is 25.7 Å². The van der Waals surface area contributed by atoms with Gasteiger partial charge < -0.3 is 36.4 Å². The van der Waals surface area contributed by atoms with Crippen LogP contribution in [-0.2, 0) is 25.7 Å². The molecule has 1 aromatic carbocycles. The number of carbonyl (C=O) groups excluding carboxylic acids is 4. The highest BCUT2D eigenvalue weighted by molar-refractivity contribution is 6.04. The number of carboxylic acid groups (broad SMARTS) is 1. The van der Waals surface area contributed by atoms with Gasteiger partial charge in [0.05, 0.1) is 0 Å². The summed E-state index contributed by atoms with van der Waals surface area (Å²) >= 11 is 0. The summed E-state index contributed by atoms with van der Waals surface area (Å²) in [5.74, 6) is -2.27. The fourth-order valence-electron chi connectivity index (χ4n) is 3.27. The van der Waals surface area contributed by atoms with Gasteiger partial charge in [0, 0.05) is 19.6 Å². The van der Waals surface area contributed by atoms with Gasteiger partial charge in [-0.1, -0.05) is 30.3 Å². The third-order valence-electron chi connectivity index (χ3n) is 5.13. The summed E-state index contributed by atoms with van der Waals surface area (Å²) in [6, 6.07) is 6.66. The van der Waals surface area contributed by atoms with Crippen LogP contribution in [0.25, 0.3) is 0 Å². The number of aromatic nitrogens is 3. The number of rotatable bonds is 13. The number of hydrogen-bond donors (Lipinski definition) is 6. The zero-order valence-corrected chi connectivity index (χ0v) is 19.7. The monoisotopic (exact) mass is 517 g/mol. The lowest BCUT2D eigenvalue weighted by Crippen LogP contribution is -2.50. The van der Waals surface area contributed by atoms with Gasteiger partial charge in [0.15, 0.2) is 0 Å². The van der Waals surface area contributed by atoms with Crippen molar-refractivity contribution in [3.63, 3.8) is 0 Å². The SMILES string of the molecule is Nc1nc(NCCCN2CC(=O)N(CC(=O)NCC(NC(=O)OCc3ccccc3)C(=O)O)C2=O)n[nH]1. The first-order chi connectivity index (χ1) is 17.7. The molecule has 198 valence electrons. The van der Waals surface area contributed by atoms with Gasteiger partial charge in [-0.05, 0) is 12.0 Å². The molecule has 0 radical (unpaired) electrons. The minimum atomic E-state index is -1.49. The van der Waals surface area contributed by atoms with Crippen molar-refractivity contribution in [2.45, 2.75) is 19.1 Å². The standard InChI is InChI=1S/C21H27N9O7/c22-18-26-19(28-27-18)23-7-4-8-29-11-16(32)30(21(29)36)10-15(31)24-9-14(17(33)34)25-20(35)37-12-13-5-2-1-3-6-13/h1-3,5-6,14H,4,7-12H2,(H,24,31)(H,25,35)(H,33,34)(H4,22,23,26,27,28). The lowest BCUT2D eigenvalue weighted by Gasteiger charge is -2.18. The van der Waals surface area contributed by atoms with E-state index in [0.717, 1.165) is 4.90 Å². The summed E-state index contributed by atoms with van der Waals surface area (Å²) in [6.07, 6.45) is -0.508. The molecule has 0 bridgehead atoms. The number of hydrogen-bond acceptors (Lipinski definition) is 10. The number of aliphatic carboxylic acids is 1. The number of urea groups is 1. The number of amides is 5. The smallest absolute Gasteiger partial charge is 0.408 e. The molecule has 1 atom stereocenters. The van der Waals surface area contributed by atoms with Crippen molar-refractivity contribution in [3.8, 4) is 0 Å². The molecule has 16 nitrogen and oxygen atoms in total. The zero-order chi connectivity index (χ0) is 26.8. The van der Waals surface area contributed by atoms with Crippen LogP contribution in [0.15, 0.2) is 30.3 Å². The Kier molecular flexibility index (Phi) is 9.17. The van der Waals surface area contributed by atoms with Crippen molar-refractivity contribution in [1.82, 2.24) is 35.6 Å². The Bertz CT molecular complexity index is 1120. The van der Waals surface area contributed by atoms with Crippen LogP contribution in [0.4, 0.5) is 21.5 Å². The average Bonchev–Trinajstić information content (AvgIpc) is 3.40. The van der Waals surface area contributed by atoms with Crippen molar-refractivity contribution in [3.05, 3.63) is 35.9 Å². The van der Waals surface area contributed by atoms with E-state index in [9.17, 15) is 29.1 Å². The third-order valence-corrected chi connectivity index (χ3v) is 5.13. The molecule has 16 heteroatoms. The van der Waals surface area contributed by atoms with E-state index in [1.807, 2.05) is 0 Å². The van der Waals surface area contributed by atoms with Crippen molar-refractivity contribution >= 4 is 41.8 Å². The highest BCUT2D eigenvalue weighted by Crippen LogP contribution is 2.11. The summed E-state index contributed by atoms with van der Waals surface area (Å²) in [5.41, 5.74) is 6.14. The van der Waals surface area contributed by atoms with Crippen LogP contribution in [0.1, 0.15) is 12.0 Å². The Morgan fingerprint density at radius 2 is 1.97 bits per heavy atom. The van der Waals surface area contributed by atoms with Crippen LogP contribution >= 0.6 is 0 Å². The van der Waals surface area contributed by atoms with Gasteiger partial charge >= 0.3 is 18.1 Å². The second-order valence-electron chi connectivity index (χ2n) is 7.91. The maximum atomic E-state index is 12.5. The molecule has 7 N–H and O–H groups in total. The molecule has 5 amide bonds. The first kappa shape index (κ1) is 26.7. The van der Waals surface area contributed by atoms with Crippen LogP contribution in [0.3, 0.4) is 0 Å². The maximum absolute atomic E-state index is 12.5. The van der Waals surface area contributed by atoms with Crippen molar-refractivity contribution in [2.24, 2.45) is 0 Å². The Balaban J connectivity index is 1.39. The average molecular weight is 518 g/mol. The lowest BCUT2D eigenvalue weighted by molar-refractivity contribution is -0.139. The summed E-state index contributed by atoms with van der Waals surface area (Å²) in [7, 11) is 0. The molecule has 1 fully saturated rings. The molecule has 1 unspecified atom stereocenters. The molecule has 1 aromatic heterocycles. The molecule has 2 heterocycles. The van der Waals surface area contributed by atoms with E-state index in [2.05, 4.69) is 31.1 Å². The highest BCUT2D eigenvalue weighted by atomic mass is 16.5. The van der Waals surface area contributed by atoms with Crippen LogP contribution in [0.2, 0.25) is 0 Å². The highest BCUT2D eigenvalue weighted by Gasteiger charge is 2.36. The van der Waals surface area contributed by atoms with Gasteiger partial charge in [-0.2, -0.15) is 4.98 Å². The molecule has 1 aliphatic heterocycles. The second-order valence-corrected chi connectivity index (χ2v) is 7.91. The van der Waals surface area contributed by atoms with E-state index in [1.165, 1.54) is 4.90 Å². The number of anilines is 2. The third kappa shape index (κ3) is 8.08. The van der Waals surface area contributed by atoms with E-state index in [4.69, 9.17) is 10.5 Å². The largest absolute Gasteiger partial charge is 0.480 e. The molecule has 0 aliphatic carbocycles. The number of aromatic amines is 1. The topological polar surface area (TPSA) is 225 Å². The molecule has 1 aliphatic rings. The first-order valence-electron chi connectivity index (χ1n) is 11.2. The van der Waals surface area contributed by atoms with Crippen LogP contribution in [-0.4, -0.2) is 98.8 Å². The van der Waals surface area contributed by atoms with E-state index >= 15 is 0 Å². The summed E-state index contributed by atoms with van der Waals surface area (Å²) in [6.45, 7) is -0.670. The van der Waals surface area contributed by atoms with Gasteiger partial charge in [0.25, 0.3) is 5.91 Å². The van der Waals surface area contributed by atoms with E-state index in [-0.39, 0.29) is 25.6 Å². The van der Waals surface area contributed by atoms with Crippen LogP contribution in [0.5, 0.6) is 0 Å². The minimum absolute atomic E-state index is 0.0638. The number of alkyl carbamates (subject to hydrolysis) is 1. The maximum Gasteiger partial charge on any atom is 0.408 e. The van der Waals surface area contributed by atoms with Gasteiger partial charge in [-0.25, -0.2) is 19.5 Å². The molecule has 1 saturated heterocycles. The van der Waals surface area contributed by atoms with Gasteiger partial charge in [-0.15, -0.1) is 5.10 Å². The Hall–Kier alpha value is -4.89. The first-order valence-corrected chi connectivity index (χ1v) is 11.2. The van der Waals surface area contributed by atoms with Gasteiger partial charge in [-0.3, -0.25) is 14.5 Å². The number of ether oxygens (including phenoxy) is 1. The van der Waals surface area contributed by atoms with Crippen molar-refractivity contribution in [1.29, 1.82) is 0 Å². The zero-order valence-electron chi connectivity index (χ0n) is 19.7. The van der Waals surface area contributed by atoms with Crippen molar-refractivity contribution < 1.29 is 33.8 Å². The molecular weight excluding hydrogens is 490 g/mol. The number of imide groups is 1. The Morgan fingerprint density at radius 3 is 2.65 bits per heavy atom. The van der Waals surface area contributed by atoms with E-state index in [0.29, 0.717) is 24.5 Å². The molecule has 3 rings (SSSR count). The molecule has 0 saturated carbocycles. The number of carboxylic acids is 1. The van der Waals surface area contributed by atoms with Crippen LogP contribution < -0.4 is 21.7 Å². The van der Waals surface area contributed by atoms with Crippen LogP contribution in [0, 0.1) is 0 Å². The Labute approximate surface area is 210 Å². The van der Waals surface area contributed by atoms with Crippen molar-refractivity contribution in [2.75, 3.05) is 43.8 Å². The minimum Gasteiger partial charge on any atom is -0.480 e. The summed E-state index contributed by atoms with van der Waals surface area (Å²) in [4.78, 5) is 66.4. The number of benzene rings is 1. The normalized spacial score (nSPS) is 13.8. The second kappa shape index (κ2) is 12.7. The molecule has 2 aromatic rings. The number of nitrogens with two attached hydrogens (primary N) is 1.